The van der Waals surface area contributed by atoms with E-state index in [4.69, 9.17) is 0 Å². The standard InChI is InChI=1S/C30H36BNSSi/c1-19-14-21(3)28(22(4)15-19)31(29-23(5)16-20(2)17-24(29)6)25-18-27(34(7,8)9)33-30(25)26-12-10-11-13-32(26)31/h10-18H,1-9H3. The molecule has 5 rings (SSSR count). The molecular weight excluding hydrogens is 445 g/mol. The van der Waals surface area contributed by atoms with Crippen LogP contribution in [0.3, 0.4) is 0 Å². The highest BCUT2D eigenvalue weighted by Gasteiger charge is 2.53. The average Bonchev–Trinajstić information content (AvgIpc) is 3.26. The highest BCUT2D eigenvalue weighted by atomic mass is 32.1. The largest absolute Gasteiger partial charge is 0.407 e. The summed E-state index contributed by atoms with van der Waals surface area (Å²) in [6.45, 7) is 21.2. The van der Waals surface area contributed by atoms with Crippen molar-refractivity contribution >= 4 is 46.6 Å². The summed E-state index contributed by atoms with van der Waals surface area (Å²) < 4.78 is 4.24. The van der Waals surface area contributed by atoms with E-state index in [1.807, 2.05) is 11.3 Å². The molecular formula is C30H36BNSSi. The summed E-state index contributed by atoms with van der Waals surface area (Å²) in [5.74, 6) is 0. The fraction of sp³-hybridized carbons (Fsp3) is 0.300. The van der Waals surface area contributed by atoms with E-state index in [9.17, 15) is 0 Å². The van der Waals surface area contributed by atoms with Gasteiger partial charge in [0.2, 0.25) is 0 Å². The van der Waals surface area contributed by atoms with Crippen LogP contribution in [0.2, 0.25) is 19.6 Å². The molecule has 0 atom stereocenters. The van der Waals surface area contributed by atoms with Crippen LogP contribution < -0.4 is 25.4 Å². The van der Waals surface area contributed by atoms with Gasteiger partial charge in [-0.15, -0.1) is 27.7 Å². The lowest BCUT2D eigenvalue weighted by Gasteiger charge is -2.38. The molecule has 0 unspecified atom stereocenters. The van der Waals surface area contributed by atoms with Crippen LogP contribution in [-0.2, 0) is 0 Å². The first-order chi connectivity index (χ1) is 16.0. The van der Waals surface area contributed by atoms with Gasteiger partial charge in [0.05, 0.1) is 13.0 Å². The van der Waals surface area contributed by atoms with Crippen LogP contribution in [0.15, 0.2) is 54.7 Å². The predicted molar refractivity (Wildman–Crippen MR) is 154 cm³/mol. The van der Waals surface area contributed by atoms with Gasteiger partial charge < -0.3 is 4.48 Å². The van der Waals surface area contributed by atoms with Crippen LogP contribution in [0, 0.1) is 41.5 Å². The average molecular weight is 482 g/mol. The Morgan fingerprint density at radius 3 is 1.68 bits per heavy atom. The molecule has 4 aromatic rings. The summed E-state index contributed by atoms with van der Waals surface area (Å²) in [6.07, 6.45) is 0.986. The van der Waals surface area contributed by atoms with Gasteiger partial charge in [-0.25, -0.2) is 0 Å². The molecule has 3 heterocycles. The number of hydrogen-bond donors (Lipinski definition) is 0. The smallest absolute Gasteiger partial charge is 0.363 e. The van der Waals surface area contributed by atoms with Gasteiger partial charge in [-0.3, -0.25) is 0 Å². The van der Waals surface area contributed by atoms with Crippen LogP contribution in [0.25, 0.3) is 10.6 Å². The quantitative estimate of drug-likeness (QED) is 0.322. The first-order valence-electron chi connectivity index (χ1n) is 12.4. The minimum atomic E-state index is -1.46. The van der Waals surface area contributed by atoms with Gasteiger partial charge in [-0.1, -0.05) is 89.4 Å². The van der Waals surface area contributed by atoms with Crippen molar-refractivity contribution in [3.05, 3.63) is 88.1 Å². The Morgan fingerprint density at radius 1 is 0.706 bits per heavy atom. The van der Waals surface area contributed by atoms with Crippen molar-refractivity contribution in [2.75, 3.05) is 0 Å². The van der Waals surface area contributed by atoms with E-state index in [0.717, 1.165) is 0 Å². The van der Waals surface area contributed by atoms with Crippen molar-refractivity contribution in [2.45, 2.75) is 61.2 Å². The number of nitrogens with zero attached hydrogens (tertiary/aromatic N) is 1. The zero-order valence-corrected chi connectivity index (χ0v) is 23.9. The molecule has 0 saturated carbocycles. The SMILES string of the molecule is Cc1cc(C)c([B-]2(c3c(C)cc(C)cc3C)c3cc([Si](C)(C)C)sc3-c3cccc[n+]32)c(C)c1. The van der Waals surface area contributed by atoms with E-state index in [1.165, 1.54) is 60.3 Å². The van der Waals surface area contributed by atoms with E-state index in [0.29, 0.717) is 0 Å². The fourth-order valence-corrected chi connectivity index (χ4v) is 10.0. The Bertz CT molecular complexity index is 1350. The monoisotopic (exact) mass is 481 g/mol. The Kier molecular flexibility index (Phi) is 5.35. The minimum Gasteiger partial charge on any atom is -0.407 e. The molecule has 4 heteroatoms. The maximum absolute atomic E-state index is 2.64. The molecule has 0 bridgehead atoms. The highest BCUT2D eigenvalue weighted by molar-refractivity contribution is 7.31. The third kappa shape index (κ3) is 3.22. The van der Waals surface area contributed by atoms with Crippen LogP contribution in [0.4, 0.5) is 0 Å². The molecule has 0 N–H and O–H groups in total. The summed E-state index contributed by atoms with van der Waals surface area (Å²) in [4.78, 5) is 1.47. The number of hydrogen-bond acceptors (Lipinski definition) is 1. The number of aromatic nitrogens is 1. The molecule has 1 nitrogen and oxygen atoms in total. The number of benzene rings is 2. The normalized spacial score (nSPS) is 14.3. The van der Waals surface area contributed by atoms with Crippen molar-refractivity contribution in [3.63, 3.8) is 0 Å². The van der Waals surface area contributed by atoms with Crippen LogP contribution >= 0.6 is 11.3 Å². The molecule has 0 spiro atoms. The lowest BCUT2D eigenvalue weighted by molar-refractivity contribution is -0.524. The van der Waals surface area contributed by atoms with E-state index in [2.05, 4.69) is 120 Å². The van der Waals surface area contributed by atoms with Gasteiger partial charge in [0.1, 0.15) is 6.20 Å². The Balaban J connectivity index is 2.05. The van der Waals surface area contributed by atoms with Crippen LogP contribution in [0.1, 0.15) is 33.4 Å². The number of fused-ring (bicyclic) bond motifs is 3. The third-order valence-corrected chi connectivity index (χ3v) is 12.6. The molecule has 0 aliphatic carbocycles. The maximum Gasteiger partial charge on any atom is 0.363 e. The number of pyridine rings is 1. The molecule has 0 fully saturated rings. The van der Waals surface area contributed by atoms with Crippen molar-refractivity contribution < 1.29 is 4.48 Å². The molecule has 0 saturated heterocycles. The molecule has 2 aromatic carbocycles. The van der Waals surface area contributed by atoms with Crippen molar-refractivity contribution in [2.24, 2.45) is 0 Å². The van der Waals surface area contributed by atoms with E-state index >= 15 is 0 Å². The van der Waals surface area contributed by atoms with Gasteiger partial charge in [0.25, 0.3) is 0 Å². The topological polar surface area (TPSA) is 3.88 Å². The minimum absolute atomic E-state index is 1.34. The second-order valence-electron chi connectivity index (χ2n) is 11.6. The number of thiophene rings is 1. The van der Waals surface area contributed by atoms with Gasteiger partial charge in [-0.2, -0.15) is 0 Å². The predicted octanol–water partition coefficient (Wildman–Crippen LogP) is 4.93. The second kappa shape index (κ2) is 7.79. The van der Waals surface area contributed by atoms with Crippen LogP contribution in [-0.4, -0.2) is 14.4 Å². The maximum atomic E-state index is 2.64. The van der Waals surface area contributed by atoms with Crippen molar-refractivity contribution in [1.29, 1.82) is 0 Å². The summed E-state index contributed by atoms with van der Waals surface area (Å²) >= 11 is 2.05. The Hall–Kier alpha value is -2.43. The molecule has 2 aromatic heterocycles. The third-order valence-electron chi connectivity index (χ3n) is 7.80. The van der Waals surface area contributed by atoms with Crippen molar-refractivity contribution in [1.82, 2.24) is 0 Å². The van der Waals surface area contributed by atoms with Gasteiger partial charge in [0, 0.05) is 6.07 Å². The van der Waals surface area contributed by atoms with Gasteiger partial charge >= 0.3 is 6.28 Å². The first-order valence-corrected chi connectivity index (χ1v) is 16.8. The van der Waals surface area contributed by atoms with Crippen LogP contribution in [0.5, 0.6) is 0 Å². The molecule has 174 valence electrons. The molecule has 0 radical (unpaired) electrons. The summed E-state index contributed by atoms with van der Waals surface area (Å²) in [5, 5.41) is 0. The number of rotatable bonds is 3. The first kappa shape index (κ1) is 23.3. The Labute approximate surface area is 210 Å². The molecule has 0 amide bonds. The summed E-state index contributed by atoms with van der Waals surface area (Å²) in [7, 11) is -1.46. The van der Waals surface area contributed by atoms with Gasteiger partial charge in [-0.05, 0) is 52.1 Å². The van der Waals surface area contributed by atoms with Crippen molar-refractivity contribution in [3.8, 4) is 10.6 Å². The van der Waals surface area contributed by atoms with Gasteiger partial charge in [0.15, 0.2) is 5.69 Å². The lowest BCUT2D eigenvalue weighted by Crippen LogP contribution is -2.84. The highest BCUT2D eigenvalue weighted by Crippen LogP contribution is 2.31. The fourth-order valence-electron chi connectivity index (χ4n) is 6.86. The number of aryl methyl sites for hydroxylation is 6. The van der Waals surface area contributed by atoms with E-state index < -0.39 is 14.4 Å². The second-order valence-corrected chi connectivity index (χ2v) is 18.0. The summed E-state index contributed by atoms with van der Waals surface area (Å²) in [6, 6.07) is 18.9. The lowest BCUT2D eigenvalue weighted by atomic mass is 9.23. The molecule has 34 heavy (non-hydrogen) atoms. The zero-order valence-electron chi connectivity index (χ0n) is 22.1. The van der Waals surface area contributed by atoms with E-state index in [1.54, 1.807) is 4.50 Å². The Morgan fingerprint density at radius 2 is 1.21 bits per heavy atom. The summed E-state index contributed by atoms with van der Waals surface area (Å²) in [5.41, 5.74) is 14.2. The van der Waals surface area contributed by atoms with E-state index in [-0.39, 0.29) is 0 Å². The zero-order chi connectivity index (χ0) is 24.6. The molecule has 1 aliphatic rings. The molecule has 1 aliphatic heterocycles.